The highest BCUT2D eigenvalue weighted by molar-refractivity contribution is 6.29. The molecule has 0 spiro atoms. The molecule has 0 fully saturated rings. The van der Waals surface area contributed by atoms with Crippen molar-refractivity contribution in [1.29, 1.82) is 0 Å². The van der Waals surface area contributed by atoms with Crippen LogP contribution in [0.3, 0.4) is 0 Å². The lowest BCUT2D eigenvalue weighted by atomic mass is 10.1. The van der Waals surface area contributed by atoms with E-state index in [4.69, 9.17) is 9.97 Å². The summed E-state index contributed by atoms with van der Waals surface area (Å²) in [5, 5.41) is 4.87. The van der Waals surface area contributed by atoms with Crippen LogP contribution in [-0.4, -0.2) is 28.7 Å². The molecule has 194 valence electrons. The van der Waals surface area contributed by atoms with E-state index in [1.165, 1.54) is 32.6 Å². The van der Waals surface area contributed by atoms with Crippen molar-refractivity contribution in [1.82, 2.24) is 28.7 Å². The van der Waals surface area contributed by atoms with Gasteiger partial charge in [-0.3, -0.25) is 9.13 Å². The Morgan fingerprint density at radius 2 is 1.27 bits per heavy atom. The normalized spacial score (nSPS) is 13.7. The summed E-state index contributed by atoms with van der Waals surface area (Å²) in [6.45, 7) is 0. The average molecular weight is 529 g/mol. The minimum atomic E-state index is 0.779. The van der Waals surface area contributed by atoms with Crippen LogP contribution in [0.15, 0.2) is 122 Å². The standard InChI is InChI=1S/C35H24N6/c1-3-11-23(12-4-1)39-22-38-33-34(39)36-21-37-35(33)41-28-18-10-8-16-26(28)32-30(41)20-19-29-31(32)25-15-7-9-17-27(25)40(29)24-13-5-2-6-14-24/h2-3,5-22H,1,4H2. The first-order chi connectivity index (χ1) is 20.4. The number of rotatable bonds is 3. The summed E-state index contributed by atoms with van der Waals surface area (Å²) < 4.78 is 6.69. The smallest absolute Gasteiger partial charge is 0.170 e. The lowest BCUT2D eigenvalue weighted by Crippen LogP contribution is -2.02. The predicted molar refractivity (Wildman–Crippen MR) is 167 cm³/mol. The van der Waals surface area contributed by atoms with Gasteiger partial charge >= 0.3 is 0 Å². The third-order valence-electron chi connectivity index (χ3n) is 8.27. The zero-order valence-electron chi connectivity index (χ0n) is 22.1. The van der Waals surface area contributed by atoms with E-state index in [9.17, 15) is 0 Å². The minimum Gasteiger partial charge on any atom is -0.309 e. The van der Waals surface area contributed by atoms with Gasteiger partial charge in [-0.15, -0.1) is 0 Å². The topological polar surface area (TPSA) is 53.5 Å². The SMILES string of the molecule is C1=CC(n2cnc3c(-n4c5ccccc5c5c6c7ccccc7n(-c7ccccc7)c6ccc54)ncnc32)=CCC1. The molecule has 6 heteroatoms. The van der Waals surface area contributed by atoms with E-state index < -0.39 is 0 Å². The summed E-state index contributed by atoms with van der Waals surface area (Å²) in [5.74, 6) is 0.784. The van der Waals surface area contributed by atoms with Crippen LogP contribution in [0, 0.1) is 0 Å². The Kier molecular flexibility index (Phi) is 4.63. The van der Waals surface area contributed by atoms with Gasteiger partial charge in [0.15, 0.2) is 17.0 Å². The van der Waals surface area contributed by atoms with Crippen LogP contribution < -0.4 is 0 Å². The van der Waals surface area contributed by atoms with Gasteiger partial charge in [0, 0.05) is 32.9 Å². The molecule has 4 heterocycles. The number of aromatic nitrogens is 6. The third-order valence-corrected chi connectivity index (χ3v) is 8.27. The monoisotopic (exact) mass is 528 g/mol. The number of allylic oxidation sites excluding steroid dienone is 4. The molecule has 9 rings (SSSR count). The summed E-state index contributed by atoms with van der Waals surface area (Å²) in [4.78, 5) is 14.4. The highest BCUT2D eigenvalue weighted by Gasteiger charge is 2.22. The van der Waals surface area contributed by atoms with Crippen molar-refractivity contribution in [2.75, 3.05) is 0 Å². The molecule has 0 radical (unpaired) electrons. The van der Waals surface area contributed by atoms with Crippen LogP contribution >= 0.6 is 0 Å². The number of hydrogen-bond acceptors (Lipinski definition) is 3. The predicted octanol–water partition coefficient (Wildman–Crippen LogP) is 8.21. The molecule has 4 aromatic heterocycles. The Morgan fingerprint density at radius 1 is 0.585 bits per heavy atom. The maximum atomic E-state index is 4.86. The highest BCUT2D eigenvalue weighted by atomic mass is 15.2. The molecule has 41 heavy (non-hydrogen) atoms. The Hall–Kier alpha value is -5.49. The van der Waals surface area contributed by atoms with Gasteiger partial charge in [-0.1, -0.05) is 66.7 Å². The molecular weight excluding hydrogens is 504 g/mol. The van der Waals surface area contributed by atoms with Crippen molar-refractivity contribution in [2.45, 2.75) is 12.8 Å². The summed E-state index contributed by atoms with van der Waals surface area (Å²) in [7, 11) is 0. The number of hydrogen-bond donors (Lipinski definition) is 0. The van der Waals surface area contributed by atoms with Crippen LogP contribution in [0.25, 0.3) is 72.0 Å². The molecule has 4 aromatic carbocycles. The maximum absolute atomic E-state index is 4.86. The van der Waals surface area contributed by atoms with E-state index in [-0.39, 0.29) is 0 Å². The third kappa shape index (κ3) is 3.10. The van der Waals surface area contributed by atoms with E-state index in [2.05, 4.69) is 128 Å². The molecule has 0 saturated carbocycles. The van der Waals surface area contributed by atoms with Crippen LogP contribution in [-0.2, 0) is 0 Å². The average Bonchev–Trinajstić information content (AvgIpc) is 3.72. The Labute approximate surface area is 235 Å². The molecule has 0 bridgehead atoms. The van der Waals surface area contributed by atoms with E-state index >= 15 is 0 Å². The number of benzene rings is 4. The van der Waals surface area contributed by atoms with E-state index in [1.807, 2.05) is 6.33 Å². The van der Waals surface area contributed by atoms with Gasteiger partial charge in [0.2, 0.25) is 0 Å². The van der Waals surface area contributed by atoms with Crippen molar-refractivity contribution < 1.29 is 0 Å². The molecule has 0 aliphatic heterocycles. The fraction of sp³-hybridized carbons (Fsp3) is 0.0571. The van der Waals surface area contributed by atoms with E-state index in [0.29, 0.717) is 0 Å². The van der Waals surface area contributed by atoms with Crippen LogP contribution in [0.1, 0.15) is 12.8 Å². The van der Waals surface area contributed by atoms with Crippen molar-refractivity contribution >= 4 is 60.5 Å². The van der Waals surface area contributed by atoms with Crippen molar-refractivity contribution in [3.63, 3.8) is 0 Å². The second-order valence-electron chi connectivity index (χ2n) is 10.5. The number of imidazole rings is 1. The molecule has 0 N–H and O–H groups in total. The lowest BCUT2D eigenvalue weighted by Gasteiger charge is -2.10. The fourth-order valence-corrected chi connectivity index (χ4v) is 6.55. The minimum absolute atomic E-state index is 0.779. The molecule has 1 aliphatic carbocycles. The molecule has 0 unspecified atom stereocenters. The van der Waals surface area contributed by atoms with Gasteiger partial charge in [0.1, 0.15) is 12.7 Å². The van der Waals surface area contributed by atoms with Crippen LogP contribution in [0.5, 0.6) is 0 Å². The Bertz CT molecular complexity index is 2370. The fourth-order valence-electron chi connectivity index (χ4n) is 6.55. The van der Waals surface area contributed by atoms with Gasteiger partial charge in [-0.2, -0.15) is 0 Å². The summed E-state index contributed by atoms with van der Waals surface area (Å²) >= 11 is 0. The van der Waals surface area contributed by atoms with Crippen LogP contribution in [0.4, 0.5) is 0 Å². The van der Waals surface area contributed by atoms with E-state index in [0.717, 1.165) is 52.2 Å². The second kappa shape index (κ2) is 8.50. The number of para-hydroxylation sites is 3. The zero-order chi connectivity index (χ0) is 26.9. The highest BCUT2D eigenvalue weighted by Crippen LogP contribution is 2.42. The molecule has 6 nitrogen and oxygen atoms in total. The van der Waals surface area contributed by atoms with Gasteiger partial charge in [-0.05, 0) is 55.3 Å². The quantitative estimate of drug-likeness (QED) is 0.232. The molecule has 0 atom stereocenters. The van der Waals surface area contributed by atoms with Gasteiger partial charge < -0.3 is 4.57 Å². The first-order valence-electron chi connectivity index (χ1n) is 13.9. The molecular formula is C35H24N6. The van der Waals surface area contributed by atoms with Gasteiger partial charge in [-0.25, -0.2) is 15.0 Å². The Balaban J connectivity index is 1.41. The van der Waals surface area contributed by atoms with Gasteiger partial charge in [0.25, 0.3) is 0 Å². The van der Waals surface area contributed by atoms with Crippen LogP contribution in [0.2, 0.25) is 0 Å². The van der Waals surface area contributed by atoms with E-state index in [1.54, 1.807) is 6.33 Å². The molecule has 0 amide bonds. The molecule has 8 aromatic rings. The number of fused-ring (bicyclic) bond motifs is 8. The summed E-state index contributed by atoms with van der Waals surface area (Å²) in [6.07, 6.45) is 12.2. The van der Waals surface area contributed by atoms with Crippen molar-refractivity contribution in [3.8, 4) is 11.5 Å². The lowest BCUT2D eigenvalue weighted by molar-refractivity contribution is 0.998. The number of nitrogens with zero attached hydrogens (tertiary/aromatic N) is 6. The van der Waals surface area contributed by atoms with Crippen molar-refractivity contribution in [3.05, 3.63) is 122 Å². The zero-order valence-corrected chi connectivity index (χ0v) is 22.1. The summed E-state index contributed by atoms with van der Waals surface area (Å²) in [6, 6.07) is 32.4. The van der Waals surface area contributed by atoms with Gasteiger partial charge in [0.05, 0.1) is 22.1 Å². The van der Waals surface area contributed by atoms with Crippen molar-refractivity contribution in [2.24, 2.45) is 0 Å². The second-order valence-corrected chi connectivity index (χ2v) is 10.5. The molecule has 0 saturated heterocycles. The largest absolute Gasteiger partial charge is 0.309 e. The first kappa shape index (κ1) is 22.3. The maximum Gasteiger partial charge on any atom is 0.170 e. The molecule has 1 aliphatic rings. The summed E-state index contributed by atoms with van der Waals surface area (Å²) in [5.41, 5.74) is 8.40. The Morgan fingerprint density at radius 3 is 2.00 bits per heavy atom. The first-order valence-corrected chi connectivity index (χ1v) is 13.9.